The number of benzene rings is 1. The molecule has 0 aromatic heterocycles. The summed E-state index contributed by atoms with van der Waals surface area (Å²) >= 11 is 0. The Morgan fingerprint density at radius 2 is 1.62 bits per heavy atom. The van der Waals surface area contributed by atoms with Gasteiger partial charge in [-0.25, -0.2) is 9.59 Å². The number of ether oxygens (including phenoxy) is 1. The molecule has 2 aliphatic rings. The number of methoxy groups -OCH3 is 1. The maximum Gasteiger partial charge on any atom is 0.343 e. The maximum absolute atomic E-state index is 12.3. The van der Waals surface area contributed by atoms with Gasteiger partial charge < -0.3 is 15.4 Å². The van der Waals surface area contributed by atoms with E-state index in [4.69, 9.17) is 4.74 Å². The summed E-state index contributed by atoms with van der Waals surface area (Å²) in [4.78, 5) is 24.6. The van der Waals surface area contributed by atoms with Crippen LogP contribution in [0.1, 0.15) is 20.8 Å². The van der Waals surface area contributed by atoms with E-state index in [1.54, 1.807) is 31.4 Å². The highest BCUT2D eigenvalue weighted by Crippen LogP contribution is 2.39. The summed E-state index contributed by atoms with van der Waals surface area (Å²) in [5.41, 5.74) is -0.799. The van der Waals surface area contributed by atoms with E-state index in [0.29, 0.717) is 11.4 Å². The Hall–Kier alpha value is -2.44. The monoisotopic (exact) mass is 290 g/mol. The third-order valence-electron chi connectivity index (χ3n) is 4.31. The summed E-state index contributed by atoms with van der Waals surface area (Å²) in [5.74, 6) is 0.687. The van der Waals surface area contributed by atoms with Crippen LogP contribution in [0, 0.1) is 0 Å². The molecule has 21 heavy (non-hydrogen) atoms. The molecule has 0 aliphatic carbocycles. The Bertz CT molecular complexity index is 613. The number of carbonyl (C=O) groups is 2. The van der Waals surface area contributed by atoms with Crippen LogP contribution in [0.4, 0.5) is 15.3 Å². The van der Waals surface area contributed by atoms with Crippen molar-refractivity contribution in [1.82, 2.24) is 15.6 Å². The van der Waals surface area contributed by atoms with Gasteiger partial charge in [0.05, 0.1) is 18.3 Å². The minimum Gasteiger partial charge on any atom is -0.497 e. The molecule has 1 atom stereocenters. The summed E-state index contributed by atoms with van der Waals surface area (Å²) in [6.45, 7) is 5.58. The SMILES string of the molecule is COc1ccc(N2C(=O)NC3(C)N2C(=O)NC3(C)C)cc1. The average molecular weight is 290 g/mol. The van der Waals surface area contributed by atoms with Crippen LogP contribution in [0.25, 0.3) is 0 Å². The molecule has 2 aliphatic heterocycles. The molecule has 7 heteroatoms. The quantitative estimate of drug-likeness (QED) is 0.870. The van der Waals surface area contributed by atoms with Gasteiger partial charge in [0.15, 0.2) is 5.66 Å². The number of rotatable bonds is 2. The topological polar surface area (TPSA) is 73.9 Å². The maximum atomic E-state index is 12.3. The molecular weight excluding hydrogens is 272 g/mol. The minimum absolute atomic E-state index is 0.309. The average Bonchev–Trinajstić information content (AvgIpc) is 2.79. The smallest absolute Gasteiger partial charge is 0.343 e. The molecule has 7 nitrogen and oxygen atoms in total. The number of nitrogens with zero attached hydrogens (tertiary/aromatic N) is 2. The number of amides is 4. The van der Waals surface area contributed by atoms with Crippen molar-refractivity contribution in [2.45, 2.75) is 32.0 Å². The standard InChI is InChI=1S/C14H18N4O3/c1-13(2)14(3)16-11(19)17(18(14)12(20)15-13)9-5-7-10(21-4)8-6-9/h5-8H,1-4H3,(H,15,20)(H,16,19). The normalized spacial score (nSPS) is 26.5. The third kappa shape index (κ3) is 1.66. The number of hydrazine groups is 1. The first kappa shape index (κ1) is 13.5. The van der Waals surface area contributed by atoms with Crippen molar-refractivity contribution in [1.29, 1.82) is 0 Å². The molecule has 1 aromatic carbocycles. The van der Waals surface area contributed by atoms with Crippen LogP contribution in [-0.2, 0) is 0 Å². The van der Waals surface area contributed by atoms with Gasteiger partial charge in [-0.2, -0.15) is 10.0 Å². The molecule has 1 unspecified atom stereocenters. The predicted octanol–water partition coefficient (Wildman–Crippen LogP) is 1.66. The fraction of sp³-hybridized carbons (Fsp3) is 0.429. The van der Waals surface area contributed by atoms with E-state index in [0.717, 1.165) is 0 Å². The van der Waals surface area contributed by atoms with E-state index in [9.17, 15) is 9.59 Å². The van der Waals surface area contributed by atoms with Crippen LogP contribution < -0.4 is 20.4 Å². The number of nitrogens with one attached hydrogen (secondary N) is 2. The van der Waals surface area contributed by atoms with E-state index >= 15 is 0 Å². The zero-order valence-corrected chi connectivity index (χ0v) is 12.4. The Morgan fingerprint density at radius 3 is 2.19 bits per heavy atom. The lowest BCUT2D eigenvalue weighted by Crippen LogP contribution is -2.60. The van der Waals surface area contributed by atoms with Gasteiger partial charge >= 0.3 is 12.1 Å². The highest BCUT2D eigenvalue weighted by molar-refractivity contribution is 6.00. The van der Waals surface area contributed by atoms with Crippen LogP contribution in [0.2, 0.25) is 0 Å². The van der Waals surface area contributed by atoms with Crippen LogP contribution in [0.5, 0.6) is 5.75 Å². The first-order valence-electron chi connectivity index (χ1n) is 6.69. The molecule has 1 aromatic rings. The predicted molar refractivity (Wildman–Crippen MR) is 76.9 cm³/mol. The molecule has 0 spiro atoms. The summed E-state index contributed by atoms with van der Waals surface area (Å²) < 4.78 is 5.11. The van der Waals surface area contributed by atoms with E-state index < -0.39 is 11.2 Å². The second-order valence-corrected chi connectivity index (χ2v) is 5.88. The molecule has 0 bridgehead atoms. The lowest BCUT2D eigenvalue weighted by molar-refractivity contribution is 0.138. The highest BCUT2D eigenvalue weighted by atomic mass is 16.5. The van der Waals surface area contributed by atoms with Gasteiger partial charge in [0, 0.05) is 0 Å². The van der Waals surface area contributed by atoms with Crippen LogP contribution in [0.15, 0.2) is 24.3 Å². The minimum atomic E-state index is -0.818. The van der Waals surface area contributed by atoms with Crippen LogP contribution in [-0.4, -0.2) is 35.4 Å². The first-order valence-corrected chi connectivity index (χ1v) is 6.69. The largest absolute Gasteiger partial charge is 0.497 e. The molecule has 2 N–H and O–H groups in total. The number of urea groups is 2. The van der Waals surface area contributed by atoms with Gasteiger partial charge in [-0.15, -0.1) is 0 Å². The van der Waals surface area contributed by atoms with E-state index in [2.05, 4.69) is 10.6 Å². The lowest BCUT2D eigenvalue weighted by Gasteiger charge is -2.36. The Kier molecular flexibility index (Phi) is 2.60. The van der Waals surface area contributed by atoms with Gasteiger partial charge in [0.2, 0.25) is 0 Å². The molecule has 2 saturated heterocycles. The summed E-state index contributed by atoms with van der Waals surface area (Å²) in [7, 11) is 1.57. The molecule has 3 rings (SSSR count). The Labute approximate surface area is 122 Å². The summed E-state index contributed by atoms with van der Waals surface area (Å²) in [5, 5.41) is 8.55. The van der Waals surface area contributed by atoms with E-state index in [1.165, 1.54) is 10.0 Å². The van der Waals surface area contributed by atoms with Crippen molar-refractivity contribution in [3.05, 3.63) is 24.3 Å². The lowest BCUT2D eigenvalue weighted by atomic mass is 9.91. The second-order valence-electron chi connectivity index (χ2n) is 5.88. The van der Waals surface area contributed by atoms with Gasteiger partial charge in [-0.05, 0) is 45.0 Å². The number of carbonyl (C=O) groups excluding carboxylic acids is 2. The van der Waals surface area contributed by atoms with Crippen molar-refractivity contribution in [2.75, 3.05) is 12.1 Å². The molecule has 2 fully saturated rings. The van der Waals surface area contributed by atoms with Crippen molar-refractivity contribution < 1.29 is 14.3 Å². The zero-order valence-electron chi connectivity index (χ0n) is 12.4. The van der Waals surface area contributed by atoms with Gasteiger partial charge in [-0.1, -0.05) is 0 Å². The van der Waals surface area contributed by atoms with E-state index in [1.807, 2.05) is 20.8 Å². The highest BCUT2D eigenvalue weighted by Gasteiger charge is 2.63. The Morgan fingerprint density at radius 1 is 1.00 bits per heavy atom. The number of anilines is 1. The summed E-state index contributed by atoms with van der Waals surface area (Å²) in [6, 6.07) is 6.34. The number of hydrogen-bond donors (Lipinski definition) is 2. The Balaban J connectivity index is 2.03. The van der Waals surface area contributed by atoms with Crippen molar-refractivity contribution in [3.63, 3.8) is 0 Å². The number of fused-ring (bicyclic) bond motifs is 1. The second kappa shape index (κ2) is 4.03. The van der Waals surface area contributed by atoms with Crippen LogP contribution >= 0.6 is 0 Å². The van der Waals surface area contributed by atoms with Crippen LogP contribution in [0.3, 0.4) is 0 Å². The molecule has 0 radical (unpaired) electrons. The first-order chi connectivity index (χ1) is 9.80. The molecule has 4 amide bonds. The summed E-state index contributed by atoms with van der Waals surface area (Å²) in [6.07, 6.45) is 0. The number of hydrogen-bond acceptors (Lipinski definition) is 3. The van der Waals surface area contributed by atoms with Gasteiger partial charge in [0.25, 0.3) is 0 Å². The van der Waals surface area contributed by atoms with Gasteiger partial charge in [-0.3, -0.25) is 0 Å². The molecular formula is C14H18N4O3. The fourth-order valence-corrected chi connectivity index (χ4v) is 2.72. The van der Waals surface area contributed by atoms with Crippen molar-refractivity contribution >= 4 is 17.7 Å². The van der Waals surface area contributed by atoms with Crippen molar-refractivity contribution in [2.24, 2.45) is 0 Å². The van der Waals surface area contributed by atoms with Gasteiger partial charge in [0.1, 0.15) is 5.75 Å². The fourth-order valence-electron chi connectivity index (χ4n) is 2.72. The third-order valence-corrected chi connectivity index (χ3v) is 4.31. The molecule has 112 valence electrons. The van der Waals surface area contributed by atoms with E-state index in [-0.39, 0.29) is 12.1 Å². The zero-order chi connectivity index (χ0) is 15.4. The van der Waals surface area contributed by atoms with Crippen molar-refractivity contribution in [3.8, 4) is 5.75 Å². The molecule has 0 saturated carbocycles. The molecule has 2 heterocycles.